The molecule has 0 saturated carbocycles. The summed E-state index contributed by atoms with van der Waals surface area (Å²) in [5.74, 6) is -1.14. The minimum Gasteiger partial charge on any atom is -0.481 e. The standard InChI is InChI=1S/C14H24N2O4/c1-20-8-4-2-3-7-15-14(19)16-10-5-6-12(16)11(9-10)13(17)18/h10-12H,2-9H2,1H3,(H,15,19)(H,17,18). The number of nitrogens with one attached hydrogen (secondary N) is 1. The van der Waals surface area contributed by atoms with Gasteiger partial charge in [-0.3, -0.25) is 4.79 Å². The molecule has 0 aromatic heterocycles. The van der Waals surface area contributed by atoms with Gasteiger partial charge in [-0.1, -0.05) is 0 Å². The third kappa shape index (κ3) is 3.23. The third-order valence-corrected chi connectivity index (χ3v) is 4.39. The molecule has 2 heterocycles. The molecule has 2 N–H and O–H groups in total. The fourth-order valence-electron chi connectivity index (χ4n) is 3.41. The van der Waals surface area contributed by atoms with Crippen LogP contribution in [0.2, 0.25) is 0 Å². The van der Waals surface area contributed by atoms with E-state index in [4.69, 9.17) is 9.84 Å². The zero-order chi connectivity index (χ0) is 14.5. The molecule has 114 valence electrons. The molecule has 2 bridgehead atoms. The molecule has 6 nitrogen and oxygen atoms in total. The Morgan fingerprint density at radius 3 is 2.75 bits per heavy atom. The predicted octanol–water partition coefficient (Wildman–Crippen LogP) is 1.45. The van der Waals surface area contributed by atoms with Gasteiger partial charge in [0.15, 0.2) is 0 Å². The predicted molar refractivity (Wildman–Crippen MR) is 73.5 cm³/mol. The van der Waals surface area contributed by atoms with Crippen molar-refractivity contribution in [3.63, 3.8) is 0 Å². The van der Waals surface area contributed by atoms with Crippen LogP contribution in [-0.4, -0.2) is 54.4 Å². The Bertz CT molecular complexity index is 361. The van der Waals surface area contributed by atoms with E-state index in [1.807, 2.05) is 0 Å². The van der Waals surface area contributed by atoms with Crippen LogP contribution in [-0.2, 0) is 9.53 Å². The van der Waals surface area contributed by atoms with Gasteiger partial charge in [0.25, 0.3) is 0 Å². The summed E-state index contributed by atoms with van der Waals surface area (Å²) >= 11 is 0. The maximum Gasteiger partial charge on any atom is 0.317 e. The molecule has 3 unspecified atom stereocenters. The molecule has 2 fully saturated rings. The topological polar surface area (TPSA) is 78.9 Å². The molecular weight excluding hydrogens is 260 g/mol. The second-order valence-corrected chi connectivity index (χ2v) is 5.67. The van der Waals surface area contributed by atoms with Gasteiger partial charge in [-0.2, -0.15) is 0 Å². The zero-order valence-electron chi connectivity index (χ0n) is 12.0. The van der Waals surface area contributed by atoms with Crippen LogP contribution in [0.1, 0.15) is 38.5 Å². The maximum atomic E-state index is 12.2. The summed E-state index contributed by atoms with van der Waals surface area (Å²) in [7, 11) is 1.68. The van der Waals surface area contributed by atoms with Gasteiger partial charge in [-0.25, -0.2) is 4.79 Å². The fourth-order valence-corrected chi connectivity index (χ4v) is 3.41. The van der Waals surface area contributed by atoms with Gasteiger partial charge >= 0.3 is 12.0 Å². The number of amides is 2. The average molecular weight is 284 g/mol. The Morgan fingerprint density at radius 1 is 1.30 bits per heavy atom. The number of carboxylic acid groups (broad SMARTS) is 1. The van der Waals surface area contributed by atoms with Crippen molar-refractivity contribution in [3.05, 3.63) is 0 Å². The van der Waals surface area contributed by atoms with E-state index in [0.717, 1.165) is 38.7 Å². The summed E-state index contributed by atoms with van der Waals surface area (Å²) in [4.78, 5) is 25.1. The highest BCUT2D eigenvalue weighted by Crippen LogP contribution is 2.41. The van der Waals surface area contributed by atoms with Gasteiger partial charge in [0.05, 0.1) is 5.92 Å². The molecule has 2 aliphatic rings. The summed E-state index contributed by atoms with van der Waals surface area (Å²) in [6, 6.07) is -0.0754. The quantitative estimate of drug-likeness (QED) is 0.694. The van der Waals surface area contributed by atoms with E-state index < -0.39 is 5.97 Å². The molecule has 0 radical (unpaired) electrons. The number of rotatable bonds is 7. The summed E-state index contributed by atoms with van der Waals surface area (Å²) < 4.78 is 4.97. The first-order chi connectivity index (χ1) is 9.65. The van der Waals surface area contributed by atoms with Crippen LogP contribution in [0, 0.1) is 5.92 Å². The van der Waals surface area contributed by atoms with Gasteiger partial charge in [-0.05, 0) is 38.5 Å². The molecule has 3 atom stereocenters. The largest absolute Gasteiger partial charge is 0.481 e. The Labute approximate surface area is 119 Å². The van der Waals surface area contributed by atoms with E-state index in [9.17, 15) is 9.59 Å². The molecule has 2 amide bonds. The van der Waals surface area contributed by atoms with Crippen molar-refractivity contribution in [2.24, 2.45) is 5.92 Å². The molecule has 0 aromatic carbocycles. The van der Waals surface area contributed by atoms with E-state index >= 15 is 0 Å². The highest BCUT2D eigenvalue weighted by atomic mass is 16.5. The number of aliphatic carboxylic acids is 1. The monoisotopic (exact) mass is 284 g/mol. The second-order valence-electron chi connectivity index (χ2n) is 5.67. The summed E-state index contributed by atoms with van der Waals surface area (Å²) in [5, 5.41) is 12.1. The molecular formula is C14H24N2O4. The number of methoxy groups -OCH3 is 1. The average Bonchev–Trinajstić information content (AvgIpc) is 3.00. The number of ether oxygens (including phenoxy) is 1. The SMILES string of the molecule is COCCCCCNC(=O)N1C2CCC1C(C(=O)O)C2. The third-order valence-electron chi connectivity index (χ3n) is 4.39. The molecule has 2 saturated heterocycles. The lowest BCUT2D eigenvalue weighted by Gasteiger charge is -2.23. The van der Waals surface area contributed by atoms with Crippen molar-refractivity contribution >= 4 is 12.0 Å². The first-order valence-corrected chi connectivity index (χ1v) is 7.43. The van der Waals surface area contributed by atoms with Gasteiger partial charge in [0, 0.05) is 32.3 Å². The fraction of sp³-hybridized carbons (Fsp3) is 0.857. The van der Waals surface area contributed by atoms with Crippen molar-refractivity contribution in [1.82, 2.24) is 10.2 Å². The lowest BCUT2D eigenvalue weighted by Crippen LogP contribution is -2.44. The smallest absolute Gasteiger partial charge is 0.317 e. The Morgan fingerprint density at radius 2 is 2.10 bits per heavy atom. The number of fused-ring (bicyclic) bond motifs is 2. The van der Waals surface area contributed by atoms with Crippen LogP contribution in [0.4, 0.5) is 4.79 Å². The second kappa shape index (κ2) is 6.92. The minimum absolute atomic E-state index is 0.0898. The van der Waals surface area contributed by atoms with E-state index in [-0.39, 0.29) is 24.0 Å². The van der Waals surface area contributed by atoms with E-state index in [1.54, 1.807) is 12.0 Å². The van der Waals surface area contributed by atoms with Gasteiger partial charge < -0.3 is 20.1 Å². The summed E-state index contributed by atoms with van der Waals surface area (Å²) in [6.45, 7) is 1.40. The maximum absolute atomic E-state index is 12.2. The van der Waals surface area contributed by atoms with Crippen molar-refractivity contribution in [3.8, 4) is 0 Å². The zero-order valence-corrected chi connectivity index (χ0v) is 12.0. The number of carbonyl (C=O) groups excluding carboxylic acids is 1. The molecule has 0 aliphatic carbocycles. The van der Waals surface area contributed by atoms with Gasteiger partial charge in [0.1, 0.15) is 0 Å². The van der Waals surface area contributed by atoms with Gasteiger partial charge in [0.2, 0.25) is 0 Å². The van der Waals surface area contributed by atoms with Crippen LogP contribution in [0.15, 0.2) is 0 Å². The van der Waals surface area contributed by atoms with Crippen LogP contribution < -0.4 is 5.32 Å². The van der Waals surface area contributed by atoms with Crippen LogP contribution in [0.3, 0.4) is 0 Å². The van der Waals surface area contributed by atoms with Crippen LogP contribution >= 0.6 is 0 Å². The number of nitrogens with zero attached hydrogens (tertiary/aromatic N) is 1. The lowest BCUT2D eigenvalue weighted by molar-refractivity contribution is -0.142. The number of carbonyl (C=O) groups is 2. The normalized spacial score (nSPS) is 27.9. The summed E-state index contributed by atoms with van der Waals surface area (Å²) in [5.41, 5.74) is 0. The molecule has 2 aliphatic heterocycles. The van der Waals surface area contributed by atoms with Crippen molar-refractivity contribution < 1.29 is 19.4 Å². The first kappa shape index (κ1) is 15.1. The number of urea groups is 1. The Balaban J connectivity index is 1.72. The first-order valence-electron chi connectivity index (χ1n) is 7.43. The highest BCUT2D eigenvalue weighted by Gasteiger charge is 2.51. The number of unbranched alkanes of at least 4 members (excludes halogenated alkanes) is 2. The molecule has 2 rings (SSSR count). The van der Waals surface area contributed by atoms with Crippen LogP contribution in [0.5, 0.6) is 0 Å². The molecule has 20 heavy (non-hydrogen) atoms. The number of hydrogen-bond donors (Lipinski definition) is 2. The van der Waals surface area contributed by atoms with Crippen molar-refractivity contribution in [2.45, 2.75) is 50.6 Å². The van der Waals surface area contributed by atoms with E-state index in [2.05, 4.69) is 5.32 Å². The highest BCUT2D eigenvalue weighted by molar-refractivity contribution is 5.79. The Hall–Kier alpha value is -1.30. The lowest BCUT2D eigenvalue weighted by atomic mass is 9.89. The van der Waals surface area contributed by atoms with E-state index in [1.165, 1.54) is 0 Å². The molecule has 0 spiro atoms. The minimum atomic E-state index is -0.769. The molecule has 6 heteroatoms. The van der Waals surface area contributed by atoms with Crippen LogP contribution in [0.25, 0.3) is 0 Å². The number of carboxylic acids is 1. The Kier molecular flexibility index (Phi) is 5.23. The van der Waals surface area contributed by atoms with Crippen molar-refractivity contribution in [2.75, 3.05) is 20.3 Å². The number of hydrogen-bond acceptors (Lipinski definition) is 3. The van der Waals surface area contributed by atoms with Crippen molar-refractivity contribution in [1.29, 1.82) is 0 Å². The van der Waals surface area contributed by atoms with E-state index in [0.29, 0.717) is 13.0 Å². The molecule has 0 aromatic rings. The van der Waals surface area contributed by atoms with Gasteiger partial charge in [-0.15, -0.1) is 0 Å². The summed E-state index contributed by atoms with van der Waals surface area (Å²) in [6.07, 6.45) is 5.33.